The molecular formula is C16H25BrN4O. The van der Waals surface area contributed by atoms with E-state index in [1.807, 2.05) is 19.1 Å². The van der Waals surface area contributed by atoms with E-state index in [2.05, 4.69) is 43.8 Å². The zero-order valence-electron chi connectivity index (χ0n) is 13.3. The lowest BCUT2D eigenvalue weighted by Gasteiger charge is -2.11. The zero-order chi connectivity index (χ0) is 16.2. The van der Waals surface area contributed by atoms with Gasteiger partial charge in [-0.15, -0.1) is 0 Å². The van der Waals surface area contributed by atoms with Crippen LogP contribution in [0.3, 0.4) is 0 Å². The number of nitrogens with one attached hydrogen (secondary N) is 3. The number of guanidine groups is 1. The first-order valence-electron chi connectivity index (χ1n) is 7.73. The van der Waals surface area contributed by atoms with E-state index in [4.69, 9.17) is 0 Å². The highest BCUT2D eigenvalue weighted by molar-refractivity contribution is 9.10. The Morgan fingerprint density at radius 1 is 1.09 bits per heavy atom. The number of rotatable bonds is 8. The minimum absolute atomic E-state index is 0.0425. The van der Waals surface area contributed by atoms with Crippen molar-refractivity contribution in [1.82, 2.24) is 16.0 Å². The van der Waals surface area contributed by atoms with Crippen molar-refractivity contribution in [2.24, 2.45) is 4.99 Å². The number of benzene rings is 1. The Bertz CT molecular complexity index is 474. The average molecular weight is 369 g/mol. The molecule has 3 N–H and O–H groups in total. The Kier molecular flexibility index (Phi) is 9.30. The molecule has 0 spiro atoms. The van der Waals surface area contributed by atoms with Crippen LogP contribution >= 0.6 is 15.9 Å². The van der Waals surface area contributed by atoms with E-state index in [0.29, 0.717) is 12.1 Å². The van der Waals surface area contributed by atoms with Crippen LogP contribution in [0.1, 0.15) is 37.0 Å². The van der Waals surface area contributed by atoms with Crippen LogP contribution in [0, 0.1) is 0 Å². The molecule has 0 aliphatic carbocycles. The van der Waals surface area contributed by atoms with E-state index in [9.17, 15) is 4.79 Å². The molecule has 0 saturated carbocycles. The van der Waals surface area contributed by atoms with Crippen molar-refractivity contribution in [2.75, 3.05) is 26.2 Å². The normalized spacial score (nSPS) is 11.1. The van der Waals surface area contributed by atoms with Crippen molar-refractivity contribution in [3.63, 3.8) is 0 Å². The number of hydrogen-bond acceptors (Lipinski definition) is 2. The molecular weight excluding hydrogens is 344 g/mol. The third-order valence-corrected chi connectivity index (χ3v) is 3.40. The first-order chi connectivity index (χ1) is 10.7. The Balaban J connectivity index is 2.24. The Morgan fingerprint density at radius 2 is 1.77 bits per heavy atom. The molecule has 0 heterocycles. The molecule has 0 fully saturated rings. The summed E-state index contributed by atoms with van der Waals surface area (Å²) in [6.45, 7) is 7.21. The van der Waals surface area contributed by atoms with E-state index in [1.165, 1.54) is 0 Å². The van der Waals surface area contributed by atoms with Gasteiger partial charge in [-0.05, 0) is 44.0 Å². The average Bonchev–Trinajstić information content (AvgIpc) is 2.52. The summed E-state index contributed by atoms with van der Waals surface area (Å²) >= 11 is 3.35. The van der Waals surface area contributed by atoms with Crippen LogP contribution in [0.5, 0.6) is 0 Å². The molecule has 0 atom stereocenters. The van der Waals surface area contributed by atoms with Gasteiger partial charge < -0.3 is 16.0 Å². The van der Waals surface area contributed by atoms with Crippen molar-refractivity contribution in [2.45, 2.75) is 26.7 Å². The summed E-state index contributed by atoms with van der Waals surface area (Å²) in [6.07, 6.45) is 1.87. The van der Waals surface area contributed by atoms with Crippen molar-refractivity contribution in [1.29, 1.82) is 0 Å². The van der Waals surface area contributed by atoms with Crippen molar-refractivity contribution >= 4 is 27.8 Å². The number of amides is 1. The summed E-state index contributed by atoms with van der Waals surface area (Å²) < 4.78 is 0.968. The number of carbonyl (C=O) groups excluding carboxylic acids is 1. The summed E-state index contributed by atoms with van der Waals surface area (Å²) in [7, 11) is 0. The number of carbonyl (C=O) groups is 1. The highest BCUT2D eigenvalue weighted by atomic mass is 79.9. The van der Waals surface area contributed by atoms with Crippen molar-refractivity contribution in [3.8, 4) is 0 Å². The lowest BCUT2D eigenvalue weighted by Crippen LogP contribution is -2.38. The van der Waals surface area contributed by atoms with Crippen LogP contribution in [0.2, 0.25) is 0 Å². The quantitative estimate of drug-likeness (QED) is 0.375. The Labute approximate surface area is 141 Å². The number of aliphatic imine (C=N–C) groups is 1. The number of nitrogens with zero attached hydrogens (tertiary/aromatic N) is 1. The molecule has 0 bridgehead atoms. The molecule has 0 aromatic heterocycles. The van der Waals surface area contributed by atoms with Gasteiger partial charge in [0.25, 0.3) is 5.91 Å². The fourth-order valence-electron chi connectivity index (χ4n) is 1.77. The molecule has 22 heavy (non-hydrogen) atoms. The van der Waals surface area contributed by atoms with E-state index >= 15 is 0 Å². The molecule has 1 aromatic rings. The SMILES string of the molecule is CCCN=C(NCC)NCCCNC(=O)c1ccc(Br)cc1. The highest BCUT2D eigenvalue weighted by Crippen LogP contribution is 2.10. The fourth-order valence-corrected chi connectivity index (χ4v) is 2.03. The van der Waals surface area contributed by atoms with Crippen LogP contribution < -0.4 is 16.0 Å². The topological polar surface area (TPSA) is 65.5 Å². The van der Waals surface area contributed by atoms with Crippen LogP contribution in [0.15, 0.2) is 33.7 Å². The summed E-state index contributed by atoms with van der Waals surface area (Å²) in [5.74, 6) is 0.794. The first-order valence-corrected chi connectivity index (χ1v) is 8.52. The minimum Gasteiger partial charge on any atom is -0.357 e. The van der Waals surface area contributed by atoms with Gasteiger partial charge in [0.1, 0.15) is 0 Å². The molecule has 122 valence electrons. The van der Waals surface area contributed by atoms with Crippen LogP contribution in [-0.2, 0) is 0 Å². The number of halogens is 1. The standard InChI is InChI=1S/C16H25BrN4O/c1-3-10-20-16(18-4-2)21-12-5-11-19-15(22)13-6-8-14(17)9-7-13/h6-9H,3-5,10-12H2,1-2H3,(H,19,22)(H2,18,20,21). The Hall–Kier alpha value is -1.56. The van der Waals surface area contributed by atoms with Crippen LogP contribution in [0.25, 0.3) is 0 Å². The molecule has 6 heteroatoms. The fraction of sp³-hybridized carbons (Fsp3) is 0.500. The molecule has 0 aliphatic heterocycles. The van der Waals surface area contributed by atoms with Gasteiger partial charge >= 0.3 is 0 Å². The molecule has 0 aliphatic rings. The van der Waals surface area contributed by atoms with Crippen LogP contribution in [0.4, 0.5) is 0 Å². The maximum Gasteiger partial charge on any atom is 0.251 e. The lowest BCUT2D eigenvalue weighted by atomic mass is 10.2. The molecule has 0 saturated heterocycles. The van der Waals surface area contributed by atoms with Gasteiger partial charge in [-0.25, -0.2) is 0 Å². The predicted octanol–water partition coefficient (Wildman–Crippen LogP) is 2.53. The van der Waals surface area contributed by atoms with E-state index < -0.39 is 0 Å². The van der Waals surface area contributed by atoms with Crippen LogP contribution in [-0.4, -0.2) is 38.0 Å². The maximum atomic E-state index is 11.9. The molecule has 0 radical (unpaired) electrons. The zero-order valence-corrected chi connectivity index (χ0v) is 14.9. The molecule has 1 aromatic carbocycles. The smallest absolute Gasteiger partial charge is 0.251 e. The van der Waals surface area contributed by atoms with E-state index in [-0.39, 0.29) is 5.91 Å². The molecule has 1 amide bonds. The van der Waals surface area contributed by atoms with Gasteiger partial charge in [-0.2, -0.15) is 0 Å². The van der Waals surface area contributed by atoms with Gasteiger partial charge in [0.2, 0.25) is 0 Å². The second-order valence-corrected chi connectivity index (χ2v) is 5.72. The minimum atomic E-state index is -0.0425. The van der Waals surface area contributed by atoms with Crippen molar-refractivity contribution < 1.29 is 4.79 Å². The van der Waals surface area contributed by atoms with Gasteiger partial charge in [-0.3, -0.25) is 9.79 Å². The first kappa shape index (κ1) is 18.5. The van der Waals surface area contributed by atoms with Gasteiger partial charge in [0.05, 0.1) is 0 Å². The third-order valence-electron chi connectivity index (χ3n) is 2.88. The second-order valence-electron chi connectivity index (χ2n) is 4.80. The van der Waals surface area contributed by atoms with Gasteiger partial charge in [0.15, 0.2) is 5.96 Å². The second kappa shape index (κ2) is 11.1. The lowest BCUT2D eigenvalue weighted by molar-refractivity contribution is 0.0953. The maximum absolute atomic E-state index is 11.9. The van der Waals surface area contributed by atoms with Crippen molar-refractivity contribution in [3.05, 3.63) is 34.3 Å². The summed E-state index contributed by atoms with van der Waals surface area (Å²) in [5.41, 5.74) is 0.675. The number of hydrogen-bond donors (Lipinski definition) is 3. The summed E-state index contributed by atoms with van der Waals surface area (Å²) in [6, 6.07) is 7.34. The van der Waals surface area contributed by atoms with E-state index in [1.54, 1.807) is 12.1 Å². The summed E-state index contributed by atoms with van der Waals surface area (Å²) in [4.78, 5) is 16.3. The molecule has 5 nitrogen and oxygen atoms in total. The third kappa shape index (κ3) is 7.45. The predicted molar refractivity (Wildman–Crippen MR) is 95.4 cm³/mol. The van der Waals surface area contributed by atoms with Gasteiger partial charge in [0, 0.05) is 36.2 Å². The van der Waals surface area contributed by atoms with Gasteiger partial charge in [-0.1, -0.05) is 22.9 Å². The monoisotopic (exact) mass is 368 g/mol. The van der Waals surface area contributed by atoms with E-state index in [0.717, 1.165) is 42.9 Å². The highest BCUT2D eigenvalue weighted by Gasteiger charge is 2.04. The summed E-state index contributed by atoms with van der Waals surface area (Å²) in [5, 5.41) is 9.37. The molecule has 0 unspecified atom stereocenters. The largest absolute Gasteiger partial charge is 0.357 e. The Morgan fingerprint density at radius 3 is 2.41 bits per heavy atom. The molecule has 1 rings (SSSR count).